The third kappa shape index (κ3) is 6.25. The highest BCUT2D eigenvalue weighted by Crippen LogP contribution is 2.34. The predicted molar refractivity (Wildman–Crippen MR) is 130 cm³/mol. The van der Waals surface area contributed by atoms with Crippen LogP contribution >= 0.6 is 22.7 Å². The minimum atomic E-state index is -3.35. The van der Waals surface area contributed by atoms with Gasteiger partial charge >= 0.3 is 0 Å². The number of anilines is 1. The number of hydrogen-bond acceptors (Lipinski definition) is 7. The lowest BCUT2D eigenvalue weighted by Gasteiger charge is -2.16. The summed E-state index contributed by atoms with van der Waals surface area (Å²) in [6, 6.07) is 9.00. The van der Waals surface area contributed by atoms with Crippen LogP contribution in [-0.2, 0) is 22.3 Å². The van der Waals surface area contributed by atoms with E-state index in [2.05, 4.69) is 33.8 Å². The van der Waals surface area contributed by atoms with Crippen LogP contribution in [0.15, 0.2) is 30.3 Å². The van der Waals surface area contributed by atoms with Gasteiger partial charge in [0.05, 0.1) is 15.3 Å². The summed E-state index contributed by atoms with van der Waals surface area (Å²) in [7, 11) is -3.35. The molecule has 31 heavy (non-hydrogen) atoms. The van der Waals surface area contributed by atoms with Crippen molar-refractivity contribution in [1.29, 1.82) is 0 Å². The second kappa shape index (κ2) is 10.1. The Balaban J connectivity index is 1.58. The Labute approximate surface area is 191 Å². The number of nitrogens with one attached hydrogen (secondary N) is 2. The first-order chi connectivity index (χ1) is 14.7. The molecule has 7 nitrogen and oxygen atoms in total. The van der Waals surface area contributed by atoms with Crippen molar-refractivity contribution in [3.05, 3.63) is 46.3 Å². The molecule has 2 heterocycles. The molecule has 0 aliphatic carbocycles. The molecule has 0 saturated heterocycles. The predicted octanol–water partition coefficient (Wildman–Crippen LogP) is 3.96. The highest BCUT2D eigenvalue weighted by molar-refractivity contribution is 7.88. The summed E-state index contributed by atoms with van der Waals surface area (Å²) < 4.78 is 27.7. The number of amides is 1. The summed E-state index contributed by atoms with van der Waals surface area (Å²) in [5.41, 5.74) is 1.61. The second-order valence-corrected chi connectivity index (χ2v) is 11.3. The summed E-state index contributed by atoms with van der Waals surface area (Å²) in [5.74, 6) is -0.195. The van der Waals surface area contributed by atoms with Gasteiger partial charge in [0.25, 0.3) is 5.91 Å². The van der Waals surface area contributed by atoms with Crippen LogP contribution < -0.4 is 14.9 Å². The van der Waals surface area contributed by atoms with Crippen molar-refractivity contribution < 1.29 is 13.2 Å². The Hall–Kier alpha value is -2.01. The number of fused-ring (bicyclic) bond motifs is 1. The summed E-state index contributed by atoms with van der Waals surface area (Å²) in [6.45, 7) is 9.98. The quantitative estimate of drug-likeness (QED) is 0.458. The Morgan fingerprint density at radius 2 is 1.74 bits per heavy atom. The zero-order valence-electron chi connectivity index (χ0n) is 18.1. The van der Waals surface area contributed by atoms with E-state index in [0.29, 0.717) is 17.0 Å². The maximum absolute atomic E-state index is 12.6. The minimum absolute atomic E-state index is 0.0633. The van der Waals surface area contributed by atoms with Crippen LogP contribution in [0.4, 0.5) is 5.13 Å². The van der Waals surface area contributed by atoms with Gasteiger partial charge < -0.3 is 10.2 Å². The Morgan fingerprint density at radius 1 is 1.10 bits per heavy atom. The van der Waals surface area contributed by atoms with Crippen LogP contribution in [0.5, 0.6) is 0 Å². The number of thiazole rings is 1. The third-order valence-electron chi connectivity index (χ3n) is 4.58. The van der Waals surface area contributed by atoms with Crippen molar-refractivity contribution in [2.45, 2.75) is 46.0 Å². The van der Waals surface area contributed by atoms with E-state index in [0.717, 1.165) is 33.3 Å². The molecule has 168 valence electrons. The van der Waals surface area contributed by atoms with Crippen LogP contribution in [-0.4, -0.2) is 38.4 Å². The molecular formula is C21H28N4O3S3. The molecule has 3 rings (SSSR count). The van der Waals surface area contributed by atoms with E-state index in [1.165, 1.54) is 11.3 Å². The first-order valence-corrected chi connectivity index (χ1v) is 13.5. The van der Waals surface area contributed by atoms with E-state index in [1.807, 2.05) is 18.2 Å². The fourth-order valence-corrected chi connectivity index (χ4v) is 6.80. The van der Waals surface area contributed by atoms with Gasteiger partial charge in [0.15, 0.2) is 5.13 Å². The standard InChI is InChI=1S/C21H28N4O3S3/c1-5-25(6-2)21-23-20-18(30-21)11-17(29-20)19(26)22-12-15-7-9-16(10-8-15)13-31(27,28)24-14(3)4/h7-11,14,24H,5-6,12-13H2,1-4H3,(H,22,26). The molecule has 0 saturated carbocycles. The van der Waals surface area contributed by atoms with Crippen molar-refractivity contribution in [2.24, 2.45) is 0 Å². The highest BCUT2D eigenvalue weighted by Gasteiger charge is 2.16. The molecule has 2 aromatic heterocycles. The topological polar surface area (TPSA) is 91.4 Å². The number of carbonyl (C=O) groups excluding carboxylic acids is 1. The zero-order valence-corrected chi connectivity index (χ0v) is 20.6. The molecule has 0 aliphatic heterocycles. The zero-order chi connectivity index (χ0) is 22.6. The molecule has 0 aliphatic rings. The van der Waals surface area contributed by atoms with Gasteiger partial charge in [-0.3, -0.25) is 4.79 Å². The van der Waals surface area contributed by atoms with Gasteiger partial charge in [0, 0.05) is 25.7 Å². The molecule has 0 atom stereocenters. The SMILES string of the molecule is CCN(CC)c1nc2sc(C(=O)NCc3ccc(CS(=O)(=O)NC(C)C)cc3)cc2s1. The molecular weight excluding hydrogens is 452 g/mol. The first-order valence-electron chi connectivity index (χ1n) is 10.2. The fraction of sp³-hybridized carbons (Fsp3) is 0.429. The van der Waals surface area contributed by atoms with Crippen molar-refractivity contribution in [2.75, 3.05) is 18.0 Å². The van der Waals surface area contributed by atoms with Crippen molar-refractivity contribution in [3.63, 3.8) is 0 Å². The van der Waals surface area contributed by atoms with Crippen molar-refractivity contribution in [1.82, 2.24) is 15.0 Å². The molecule has 2 N–H and O–H groups in total. The van der Waals surface area contributed by atoms with E-state index in [9.17, 15) is 13.2 Å². The number of rotatable bonds is 10. The van der Waals surface area contributed by atoms with Crippen molar-refractivity contribution >= 4 is 53.3 Å². The van der Waals surface area contributed by atoms with Gasteiger partial charge in [-0.15, -0.1) is 11.3 Å². The number of thiophene rings is 1. The first kappa shape index (κ1) is 23.6. The average Bonchev–Trinajstić information content (AvgIpc) is 3.26. The normalized spacial score (nSPS) is 11.9. The molecule has 0 bridgehead atoms. The van der Waals surface area contributed by atoms with Crippen molar-refractivity contribution in [3.8, 4) is 0 Å². The number of aromatic nitrogens is 1. The number of hydrogen-bond donors (Lipinski definition) is 2. The molecule has 1 amide bonds. The molecule has 0 fully saturated rings. The average molecular weight is 481 g/mol. The third-order valence-corrected chi connectivity index (χ3v) is 8.35. The fourth-order valence-electron chi connectivity index (χ4n) is 3.11. The molecule has 3 aromatic rings. The summed E-state index contributed by atoms with van der Waals surface area (Å²) in [5, 5.41) is 3.92. The summed E-state index contributed by atoms with van der Waals surface area (Å²) in [6.07, 6.45) is 0. The maximum Gasteiger partial charge on any atom is 0.261 e. The van der Waals surface area contributed by atoms with Crippen LogP contribution in [0.3, 0.4) is 0 Å². The van der Waals surface area contributed by atoms with Gasteiger partial charge in [-0.2, -0.15) is 0 Å². The lowest BCUT2D eigenvalue weighted by Crippen LogP contribution is -2.31. The monoisotopic (exact) mass is 480 g/mol. The van der Waals surface area contributed by atoms with E-state index in [-0.39, 0.29) is 17.7 Å². The van der Waals surface area contributed by atoms with Gasteiger partial charge in [-0.05, 0) is 44.9 Å². The lowest BCUT2D eigenvalue weighted by molar-refractivity contribution is 0.0955. The number of nitrogens with zero attached hydrogens (tertiary/aromatic N) is 2. The Morgan fingerprint density at radius 3 is 2.32 bits per heavy atom. The van der Waals surface area contributed by atoms with Gasteiger partial charge in [0.2, 0.25) is 10.0 Å². The van der Waals surface area contributed by atoms with Crippen LogP contribution in [0.2, 0.25) is 0 Å². The minimum Gasteiger partial charge on any atom is -0.349 e. The van der Waals surface area contributed by atoms with Crippen LogP contribution in [0, 0.1) is 0 Å². The molecule has 10 heteroatoms. The van der Waals surface area contributed by atoms with E-state index in [4.69, 9.17) is 0 Å². The number of benzene rings is 1. The smallest absolute Gasteiger partial charge is 0.261 e. The van der Waals surface area contributed by atoms with Gasteiger partial charge in [-0.25, -0.2) is 18.1 Å². The van der Waals surface area contributed by atoms with E-state index in [1.54, 1.807) is 37.3 Å². The largest absolute Gasteiger partial charge is 0.349 e. The number of carbonyl (C=O) groups is 1. The van der Waals surface area contributed by atoms with Crippen LogP contribution in [0.25, 0.3) is 9.53 Å². The maximum atomic E-state index is 12.6. The second-order valence-electron chi connectivity index (χ2n) is 7.48. The highest BCUT2D eigenvalue weighted by atomic mass is 32.2. The molecule has 0 unspecified atom stereocenters. The molecule has 0 radical (unpaired) electrons. The van der Waals surface area contributed by atoms with E-state index < -0.39 is 10.0 Å². The van der Waals surface area contributed by atoms with E-state index >= 15 is 0 Å². The number of sulfonamides is 1. The lowest BCUT2D eigenvalue weighted by atomic mass is 10.1. The summed E-state index contributed by atoms with van der Waals surface area (Å²) in [4.78, 5) is 20.9. The summed E-state index contributed by atoms with van der Waals surface area (Å²) >= 11 is 3.01. The van der Waals surface area contributed by atoms with Gasteiger partial charge in [0.1, 0.15) is 4.83 Å². The molecule has 0 spiro atoms. The van der Waals surface area contributed by atoms with Crippen LogP contribution in [0.1, 0.15) is 48.5 Å². The Bertz CT molecular complexity index is 1100. The Kier molecular flexibility index (Phi) is 7.68. The molecule has 1 aromatic carbocycles. The van der Waals surface area contributed by atoms with Gasteiger partial charge in [-0.1, -0.05) is 35.6 Å².